The zero-order valence-corrected chi connectivity index (χ0v) is 15.8. The number of amidine groups is 1. The van der Waals surface area contributed by atoms with Crippen LogP contribution < -0.4 is 10.6 Å². The number of anilines is 1. The molecule has 2 N–H and O–H groups in total. The number of non-ortho nitro benzene ring substituents is 1. The summed E-state index contributed by atoms with van der Waals surface area (Å²) in [5, 5.41) is 14.6. The molecule has 0 radical (unpaired) electrons. The first kappa shape index (κ1) is 21.3. The molecule has 1 aliphatic heterocycles. The Morgan fingerprint density at radius 3 is 2.67 bits per heavy atom. The third-order valence-electron chi connectivity index (χ3n) is 3.92. The van der Waals surface area contributed by atoms with Crippen molar-refractivity contribution in [1.82, 2.24) is 5.32 Å². The molecule has 2 aromatic carbocycles. The zero-order valence-electron chi connectivity index (χ0n) is 15.0. The van der Waals surface area contributed by atoms with E-state index in [0.717, 1.165) is 17.8 Å². The molecule has 1 aliphatic rings. The Labute approximate surface area is 171 Å². The predicted molar refractivity (Wildman–Crippen MR) is 104 cm³/mol. The Morgan fingerprint density at radius 1 is 1.23 bits per heavy atom. The van der Waals surface area contributed by atoms with Gasteiger partial charge in [0.2, 0.25) is 11.8 Å². The number of nitro groups is 1. The number of carbonyl (C=O) groups excluding carboxylic acids is 2. The van der Waals surface area contributed by atoms with Gasteiger partial charge in [-0.05, 0) is 18.2 Å². The number of nitrogens with zero attached hydrogens (tertiary/aromatic N) is 2. The molecule has 1 fully saturated rings. The summed E-state index contributed by atoms with van der Waals surface area (Å²) in [6.07, 6.45) is -4.90. The van der Waals surface area contributed by atoms with Crippen molar-refractivity contribution in [1.29, 1.82) is 0 Å². The van der Waals surface area contributed by atoms with Gasteiger partial charge in [-0.2, -0.15) is 13.2 Å². The third kappa shape index (κ3) is 5.14. The van der Waals surface area contributed by atoms with E-state index in [9.17, 15) is 32.9 Å². The number of nitro benzene ring substituents is 1. The average Bonchev–Trinajstić information content (AvgIpc) is 3.00. The van der Waals surface area contributed by atoms with Gasteiger partial charge in [0.25, 0.3) is 5.69 Å². The van der Waals surface area contributed by atoms with Crippen molar-refractivity contribution in [3.05, 3.63) is 64.2 Å². The van der Waals surface area contributed by atoms with Crippen LogP contribution in [0.5, 0.6) is 0 Å². The Hall–Kier alpha value is -3.41. The molecule has 0 unspecified atom stereocenters. The van der Waals surface area contributed by atoms with Crippen LogP contribution in [-0.4, -0.2) is 27.2 Å². The second-order valence-electron chi connectivity index (χ2n) is 6.09. The first-order chi connectivity index (χ1) is 14.1. The van der Waals surface area contributed by atoms with E-state index in [1.807, 2.05) is 0 Å². The second kappa shape index (κ2) is 8.53. The van der Waals surface area contributed by atoms with E-state index in [4.69, 9.17) is 0 Å². The van der Waals surface area contributed by atoms with Crippen LogP contribution in [0.3, 0.4) is 0 Å². The fourth-order valence-corrected chi connectivity index (χ4v) is 3.57. The monoisotopic (exact) mass is 438 g/mol. The van der Waals surface area contributed by atoms with E-state index in [0.29, 0.717) is 0 Å². The van der Waals surface area contributed by atoms with Crippen molar-refractivity contribution in [2.75, 3.05) is 5.32 Å². The minimum Gasteiger partial charge on any atom is -0.326 e. The van der Waals surface area contributed by atoms with E-state index in [1.165, 1.54) is 42.5 Å². The van der Waals surface area contributed by atoms with Gasteiger partial charge in [-0.3, -0.25) is 19.7 Å². The first-order valence-corrected chi connectivity index (χ1v) is 9.28. The van der Waals surface area contributed by atoms with Crippen LogP contribution in [0, 0.1) is 10.1 Å². The van der Waals surface area contributed by atoms with Crippen LogP contribution in [-0.2, 0) is 15.8 Å². The van der Waals surface area contributed by atoms with Crippen molar-refractivity contribution in [3.63, 3.8) is 0 Å². The lowest BCUT2D eigenvalue weighted by molar-refractivity contribution is -0.384. The summed E-state index contributed by atoms with van der Waals surface area (Å²) in [6.45, 7) is 0. The molecule has 0 aromatic heterocycles. The van der Waals surface area contributed by atoms with Gasteiger partial charge in [0.15, 0.2) is 5.17 Å². The van der Waals surface area contributed by atoms with Crippen LogP contribution in [0.15, 0.2) is 53.5 Å². The molecule has 2 aromatic rings. The van der Waals surface area contributed by atoms with Gasteiger partial charge in [0, 0.05) is 24.2 Å². The fourth-order valence-electron chi connectivity index (χ4n) is 2.59. The van der Waals surface area contributed by atoms with Crippen molar-refractivity contribution in [3.8, 4) is 0 Å². The maximum atomic E-state index is 13.1. The maximum absolute atomic E-state index is 13.1. The predicted octanol–water partition coefficient (Wildman–Crippen LogP) is 3.86. The standard InChI is InChI=1S/C18H13F3N4O4S/c19-18(20,21)12-6-1-2-7-13(12)23-17-24-16(27)14(30-17)9-15(26)22-10-4-3-5-11(8-10)25(28)29/h1-8,14H,9H2,(H,22,26)(H,23,24,27)/t14-/m1/s1. The molecule has 0 saturated carbocycles. The Kier molecular flexibility index (Phi) is 6.06. The highest BCUT2D eigenvalue weighted by atomic mass is 32.2. The highest BCUT2D eigenvalue weighted by molar-refractivity contribution is 8.15. The lowest BCUT2D eigenvalue weighted by Crippen LogP contribution is -2.28. The third-order valence-corrected chi connectivity index (χ3v) is 5.00. The molecule has 0 spiro atoms. The lowest BCUT2D eigenvalue weighted by atomic mass is 10.2. The van der Waals surface area contributed by atoms with Crippen molar-refractivity contribution in [2.45, 2.75) is 17.8 Å². The fraction of sp³-hybridized carbons (Fsp3) is 0.167. The van der Waals surface area contributed by atoms with Gasteiger partial charge < -0.3 is 10.6 Å². The van der Waals surface area contributed by atoms with E-state index in [2.05, 4.69) is 15.6 Å². The molecule has 12 heteroatoms. The van der Waals surface area contributed by atoms with Gasteiger partial charge in [-0.25, -0.2) is 4.99 Å². The van der Waals surface area contributed by atoms with E-state index < -0.39 is 33.7 Å². The molecule has 3 rings (SSSR count). The highest BCUT2D eigenvalue weighted by Gasteiger charge is 2.35. The SMILES string of the molecule is O=C(C[C@H]1SC(=Nc2ccccc2C(F)(F)F)NC1=O)Nc1cccc([N+](=O)[O-])c1. The number of hydrogen-bond acceptors (Lipinski definition) is 6. The molecule has 30 heavy (non-hydrogen) atoms. The average molecular weight is 438 g/mol. The smallest absolute Gasteiger partial charge is 0.326 e. The molecule has 156 valence electrons. The van der Waals surface area contributed by atoms with Gasteiger partial charge >= 0.3 is 6.18 Å². The number of benzene rings is 2. The summed E-state index contributed by atoms with van der Waals surface area (Å²) >= 11 is 0.833. The largest absolute Gasteiger partial charge is 0.418 e. The first-order valence-electron chi connectivity index (χ1n) is 8.40. The number of carbonyl (C=O) groups is 2. The number of rotatable bonds is 5. The quantitative estimate of drug-likeness (QED) is 0.544. The summed E-state index contributed by atoms with van der Waals surface area (Å²) in [4.78, 5) is 38.3. The van der Waals surface area contributed by atoms with Crippen molar-refractivity contribution >= 4 is 45.8 Å². The van der Waals surface area contributed by atoms with Gasteiger partial charge in [-0.1, -0.05) is 30.0 Å². The topological polar surface area (TPSA) is 114 Å². The number of halogens is 3. The summed E-state index contributed by atoms with van der Waals surface area (Å²) in [6, 6.07) is 9.95. The number of aliphatic imine (C=N–C) groups is 1. The normalized spacial score (nSPS) is 17.6. The Bertz CT molecular complexity index is 1040. The minimum absolute atomic E-state index is 0.0511. The van der Waals surface area contributed by atoms with E-state index in [1.54, 1.807) is 0 Å². The molecule has 8 nitrogen and oxygen atoms in total. The summed E-state index contributed by atoms with van der Waals surface area (Å²) in [5.41, 5.74) is -1.32. The number of amides is 2. The van der Waals surface area contributed by atoms with E-state index in [-0.39, 0.29) is 28.7 Å². The molecule has 1 heterocycles. The summed E-state index contributed by atoms with van der Waals surface area (Å²) in [5.74, 6) is -1.16. The number of para-hydroxylation sites is 1. The Balaban J connectivity index is 1.68. The molecule has 2 amide bonds. The molecule has 1 saturated heterocycles. The lowest BCUT2D eigenvalue weighted by Gasteiger charge is -2.09. The number of thioether (sulfide) groups is 1. The van der Waals surface area contributed by atoms with Crippen LogP contribution in [0.4, 0.5) is 30.2 Å². The van der Waals surface area contributed by atoms with Crippen molar-refractivity contribution < 1.29 is 27.7 Å². The van der Waals surface area contributed by atoms with Crippen LogP contribution >= 0.6 is 11.8 Å². The van der Waals surface area contributed by atoms with Crippen molar-refractivity contribution in [2.24, 2.45) is 4.99 Å². The van der Waals surface area contributed by atoms with Gasteiger partial charge in [-0.15, -0.1) is 0 Å². The summed E-state index contributed by atoms with van der Waals surface area (Å²) in [7, 11) is 0. The van der Waals surface area contributed by atoms with E-state index >= 15 is 0 Å². The maximum Gasteiger partial charge on any atom is 0.418 e. The zero-order chi connectivity index (χ0) is 21.9. The number of hydrogen-bond donors (Lipinski definition) is 2. The molecule has 1 atom stereocenters. The highest BCUT2D eigenvalue weighted by Crippen LogP contribution is 2.37. The number of alkyl halides is 3. The summed E-state index contributed by atoms with van der Waals surface area (Å²) < 4.78 is 39.2. The Morgan fingerprint density at radius 2 is 1.97 bits per heavy atom. The molecular formula is C18H13F3N4O4S. The van der Waals surface area contributed by atoms with Gasteiger partial charge in [0.1, 0.15) is 5.25 Å². The second-order valence-corrected chi connectivity index (χ2v) is 7.28. The minimum atomic E-state index is -4.61. The molecule has 0 bridgehead atoms. The van der Waals surface area contributed by atoms with Crippen LogP contribution in [0.25, 0.3) is 0 Å². The van der Waals surface area contributed by atoms with Crippen LogP contribution in [0.2, 0.25) is 0 Å². The molecule has 0 aliphatic carbocycles. The molecular weight excluding hydrogens is 425 g/mol. The van der Waals surface area contributed by atoms with Gasteiger partial charge in [0.05, 0.1) is 16.2 Å². The van der Waals surface area contributed by atoms with Crippen LogP contribution in [0.1, 0.15) is 12.0 Å². The number of nitrogens with one attached hydrogen (secondary N) is 2.